The van der Waals surface area contributed by atoms with Gasteiger partial charge in [0.15, 0.2) is 11.5 Å². The summed E-state index contributed by atoms with van der Waals surface area (Å²) in [5, 5.41) is 0. The van der Waals surface area contributed by atoms with E-state index in [1.165, 1.54) is 13.2 Å². The number of rotatable bonds is 17. The number of carbonyl (C=O) groups is 4. The SMILES string of the molecule is CCCC(C)C(=O)OCC[C@@](N)(Cc1ccc(OC(=O)CC(C)CC)c(OC(=O)CC(C)CC)c1)C(=O)OC. The Labute approximate surface area is 233 Å². The zero-order chi connectivity index (χ0) is 29.6. The molecule has 0 bridgehead atoms. The Morgan fingerprint density at radius 1 is 0.897 bits per heavy atom. The van der Waals surface area contributed by atoms with Crippen LogP contribution in [0.25, 0.3) is 0 Å². The van der Waals surface area contributed by atoms with Crippen LogP contribution in [0.1, 0.15) is 92.1 Å². The van der Waals surface area contributed by atoms with Crippen molar-refractivity contribution in [3.05, 3.63) is 23.8 Å². The molecule has 0 fully saturated rings. The number of hydrogen-bond acceptors (Lipinski definition) is 9. The van der Waals surface area contributed by atoms with Crippen LogP contribution >= 0.6 is 0 Å². The lowest BCUT2D eigenvalue weighted by atomic mass is 9.88. The topological polar surface area (TPSA) is 131 Å². The van der Waals surface area contributed by atoms with Gasteiger partial charge < -0.3 is 24.7 Å². The Hall–Kier alpha value is -2.94. The average Bonchev–Trinajstić information content (AvgIpc) is 2.89. The van der Waals surface area contributed by atoms with Crippen molar-refractivity contribution in [3.63, 3.8) is 0 Å². The molecule has 0 radical (unpaired) electrons. The van der Waals surface area contributed by atoms with Gasteiger partial charge in [0.25, 0.3) is 0 Å². The quantitative estimate of drug-likeness (QED) is 0.207. The van der Waals surface area contributed by atoms with E-state index in [1.54, 1.807) is 19.1 Å². The first-order chi connectivity index (χ1) is 18.4. The highest BCUT2D eigenvalue weighted by Gasteiger charge is 2.36. The molecular weight excluding hydrogens is 502 g/mol. The van der Waals surface area contributed by atoms with Crippen LogP contribution in [0, 0.1) is 17.8 Å². The van der Waals surface area contributed by atoms with Gasteiger partial charge in [-0.25, -0.2) is 0 Å². The van der Waals surface area contributed by atoms with Crippen molar-refractivity contribution < 1.29 is 38.1 Å². The molecule has 0 amide bonds. The summed E-state index contributed by atoms with van der Waals surface area (Å²) in [5.74, 6) is -1.69. The van der Waals surface area contributed by atoms with Crippen molar-refractivity contribution >= 4 is 23.9 Å². The Kier molecular flexibility index (Phi) is 14.8. The summed E-state index contributed by atoms with van der Waals surface area (Å²) in [7, 11) is 1.24. The van der Waals surface area contributed by atoms with Crippen molar-refractivity contribution in [2.75, 3.05) is 13.7 Å². The van der Waals surface area contributed by atoms with E-state index in [0.717, 1.165) is 19.3 Å². The molecule has 0 aliphatic carbocycles. The monoisotopic (exact) mass is 549 g/mol. The third kappa shape index (κ3) is 11.8. The molecule has 0 aliphatic rings. The van der Waals surface area contributed by atoms with Gasteiger partial charge in [-0.15, -0.1) is 0 Å². The summed E-state index contributed by atoms with van der Waals surface area (Å²) in [6.07, 6.45) is 3.65. The van der Waals surface area contributed by atoms with E-state index in [0.29, 0.717) is 12.0 Å². The van der Waals surface area contributed by atoms with Crippen molar-refractivity contribution in [1.29, 1.82) is 0 Å². The lowest BCUT2D eigenvalue weighted by Gasteiger charge is -2.27. The van der Waals surface area contributed by atoms with Crippen molar-refractivity contribution in [2.24, 2.45) is 23.5 Å². The number of nitrogens with two attached hydrogens (primary N) is 1. The molecule has 1 aromatic rings. The number of esters is 4. The second kappa shape index (κ2) is 16.9. The van der Waals surface area contributed by atoms with Crippen LogP contribution in [0.5, 0.6) is 11.5 Å². The first kappa shape index (κ1) is 34.1. The van der Waals surface area contributed by atoms with E-state index >= 15 is 0 Å². The minimum atomic E-state index is -1.50. The van der Waals surface area contributed by atoms with Gasteiger partial charge in [0, 0.05) is 25.7 Å². The Bertz CT molecular complexity index is 962. The molecule has 0 spiro atoms. The highest BCUT2D eigenvalue weighted by atomic mass is 16.6. The highest BCUT2D eigenvalue weighted by Crippen LogP contribution is 2.32. The summed E-state index contributed by atoms with van der Waals surface area (Å²) in [4.78, 5) is 49.9. The molecule has 3 unspecified atom stereocenters. The molecule has 220 valence electrons. The zero-order valence-corrected chi connectivity index (χ0v) is 24.7. The summed E-state index contributed by atoms with van der Waals surface area (Å²) in [5.41, 5.74) is 5.52. The van der Waals surface area contributed by atoms with E-state index in [2.05, 4.69) is 0 Å². The zero-order valence-electron chi connectivity index (χ0n) is 24.7. The number of methoxy groups -OCH3 is 1. The van der Waals surface area contributed by atoms with E-state index < -0.39 is 23.4 Å². The number of hydrogen-bond donors (Lipinski definition) is 1. The molecule has 9 heteroatoms. The third-order valence-corrected chi connectivity index (χ3v) is 6.91. The summed E-state index contributed by atoms with van der Waals surface area (Å²) in [6, 6.07) is 4.72. The predicted octanol–water partition coefficient (Wildman–Crippen LogP) is 5.15. The first-order valence-electron chi connectivity index (χ1n) is 14.0. The van der Waals surface area contributed by atoms with Gasteiger partial charge in [-0.05, 0) is 36.0 Å². The van der Waals surface area contributed by atoms with Gasteiger partial charge in [-0.3, -0.25) is 19.2 Å². The molecule has 9 nitrogen and oxygen atoms in total. The van der Waals surface area contributed by atoms with Crippen LogP contribution in [0.3, 0.4) is 0 Å². The molecule has 0 heterocycles. The third-order valence-electron chi connectivity index (χ3n) is 6.91. The first-order valence-corrected chi connectivity index (χ1v) is 14.0. The number of carbonyl (C=O) groups excluding carboxylic acids is 4. The van der Waals surface area contributed by atoms with E-state index in [-0.39, 0.29) is 67.5 Å². The fraction of sp³-hybridized carbons (Fsp3) is 0.667. The summed E-state index contributed by atoms with van der Waals surface area (Å²) < 4.78 is 21.5. The standard InChI is InChI=1S/C30H47NO8/c1-8-11-22(6)28(34)37-15-14-30(31,29(35)36-7)19-23-12-13-24(38-26(32)16-20(4)9-2)25(18-23)39-27(33)17-21(5)10-3/h12-13,18,20-22H,8-11,14-17,19,31H2,1-7H3/t20?,21?,22?,30-/m1/s1. The second-order valence-electron chi connectivity index (χ2n) is 10.6. The molecule has 0 saturated carbocycles. The Morgan fingerprint density at radius 2 is 1.46 bits per heavy atom. The average molecular weight is 550 g/mol. The molecule has 0 aromatic heterocycles. The van der Waals surface area contributed by atoms with Crippen LogP contribution in [-0.2, 0) is 35.1 Å². The summed E-state index contributed by atoms with van der Waals surface area (Å²) in [6.45, 7) is 11.6. The smallest absolute Gasteiger partial charge is 0.326 e. The largest absolute Gasteiger partial charge is 0.468 e. The molecular formula is C30H47NO8. The molecule has 0 aliphatic heterocycles. The Balaban J connectivity index is 3.18. The van der Waals surface area contributed by atoms with E-state index in [1.807, 2.05) is 34.6 Å². The Morgan fingerprint density at radius 3 is 1.97 bits per heavy atom. The number of ether oxygens (including phenoxy) is 4. The van der Waals surface area contributed by atoms with Crippen LogP contribution in [0.2, 0.25) is 0 Å². The van der Waals surface area contributed by atoms with Gasteiger partial charge in [-0.2, -0.15) is 0 Å². The van der Waals surface area contributed by atoms with Crippen molar-refractivity contribution in [3.8, 4) is 11.5 Å². The lowest BCUT2D eigenvalue weighted by Crippen LogP contribution is -2.51. The normalized spacial score (nSPS) is 14.9. The fourth-order valence-corrected chi connectivity index (χ4v) is 3.87. The van der Waals surface area contributed by atoms with Gasteiger partial charge >= 0.3 is 23.9 Å². The minimum absolute atomic E-state index is 0.0126. The molecule has 1 aromatic carbocycles. The second-order valence-corrected chi connectivity index (χ2v) is 10.6. The van der Waals surface area contributed by atoms with Crippen molar-refractivity contribution in [2.45, 2.75) is 98.4 Å². The van der Waals surface area contributed by atoms with Crippen LogP contribution in [-0.4, -0.2) is 43.1 Å². The van der Waals surface area contributed by atoms with Gasteiger partial charge in [-0.1, -0.05) is 66.9 Å². The molecule has 0 saturated heterocycles. The highest BCUT2D eigenvalue weighted by molar-refractivity contribution is 5.81. The molecule has 4 atom stereocenters. The summed E-state index contributed by atoms with van der Waals surface area (Å²) >= 11 is 0. The molecule has 2 N–H and O–H groups in total. The fourth-order valence-electron chi connectivity index (χ4n) is 3.87. The van der Waals surface area contributed by atoms with E-state index in [4.69, 9.17) is 24.7 Å². The van der Waals surface area contributed by atoms with Gasteiger partial charge in [0.2, 0.25) is 0 Å². The van der Waals surface area contributed by atoms with Gasteiger partial charge in [0.1, 0.15) is 5.54 Å². The van der Waals surface area contributed by atoms with Crippen LogP contribution in [0.4, 0.5) is 0 Å². The molecule has 1 rings (SSSR count). The minimum Gasteiger partial charge on any atom is -0.468 e. The van der Waals surface area contributed by atoms with Crippen LogP contribution in [0.15, 0.2) is 18.2 Å². The maximum atomic E-state index is 12.7. The van der Waals surface area contributed by atoms with E-state index in [9.17, 15) is 19.2 Å². The number of benzene rings is 1. The maximum absolute atomic E-state index is 12.7. The van der Waals surface area contributed by atoms with Crippen LogP contribution < -0.4 is 15.2 Å². The maximum Gasteiger partial charge on any atom is 0.326 e. The lowest BCUT2D eigenvalue weighted by molar-refractivity contribution is -0.153. The van der Waals surface area contributed by atoms with Gasteiger partial charge in [0.05, 0.1) is 19.6 Å². The molecule has 39 heavy (non-hydrogen) atoms. The predicted molar refractivity (Wildman–Crippen MR) is 148 cm³/mol. The van der Waals surface area contributed by atoms with Crippen molar-refractivity contribution in [1.82, 2.24) is 0 Å².